The summed E-state index contributed by atoms with van der Waals surface area (Å²) in [7, 11) is 1.66. The molecule has 0 aliphatic carbocycles. The maximum atomic E-state index is 13.2. The van der Waals surface area contributed by atoms with Crippen molar-refractivity contribution < 1.29 is 9.53 Å². The first-order chi connectivity index (χ1) is 16.1. The minimum Gasteiger partial charge on any atom is -0.497 e. The number of anilines is 1. The number of thiophene rings is 1. The molecule has 0 spiro atoms. The van der Waals surface area contributed by atoms with Crippen LogP contribution in [0.3, 0.4) is 0 Å². The second-order valence-electron chi connectivity index (χ2n) is 8.10. The first kappa shape index (κ1) is 21.3. The van der Waals surface area contributed by atoms with Gasteiger partial charge in [-0.2, -0.15) is 0 Å². The number of rotatable bonds is 5. The highest BCUT2D eigenvalue weighted by Crippen LogP contribution is 2.26. The molecule has 1 amide bonds. The lowest BCUT2D eigenvalue weighted by Crippen LogP contribution is -2.48. The summed E-state index contributed by atoms with van der Waals surface area (Å²) < 4.78 is 7.78. The summed E-state index contributed by atoms with van der Waals surface area (Å²) in [6.45, 7) is 3.36. The number of fused-ring (bicyclic) bond motifs is 1. The molecular weight excluding hydrogens is 434 g/mol. The molecule has 0 unspecified atom stereocenters. The largest absolute Gasteiger partial charge is 0.497 e. The van der Waals surface area contributed by atoms with Crippen molar-refractivity contribution in [3.05, 3.63) is 93.7 Å². The second-order valence-corrected chi connectivity index (χ2v) is 9.18. The Bertz CT molecular complexity index is 1320. The number of benzene rings is 2. The number of nitrogens with zero attached hydrogens (tertiary/aromatic N) is 3. The molecule has 1 aliphatic rings. The molecule has 3 heterocycles. The van der Waals surface area contributed by atoms with Gasteiger partial charge in [0, 0.05) is 42.8 Å². The van der Waals surface area contributed by atoms with E-state index >= 15 is 0 Å². The summed E-state index contributed by atoms with van der Waals surface area (Å²) in [5, 5.41) is 0.610. The highest BCUT2D eigenvalue weighted by Gasteiger charge is 2.24. The van der Waals surface area contributed by atoms with Crippen LogP contribution in [0, 0.1) is 0 Å². The van der Waals surface area contributed by atoms with Gasteiger partial charge < -0.3 is 19.1 Å². The van der Waals surface area contributed by atoms with Crippen molar-refractivity contribution in [1.29, 1.82) is 0 Å². The van der Waals surface area contributed by atoms with E-state index < -0.39 is 0 Å². The Hall–Kier alpha value is -3.58. The lowest BCUT2D eigenvalue weighted by atomic mass is 10.2. The van der Waals surface area contributed by atoms with Crippen LogP contribution < -0.4 is 15.2 Å². The molecule has 1 aliphatic heterocycles. The third-order valence-corrected chi connectivity index (χ3v) is 7.16. The summed E-state index contributed by atoms with van der Waals surface area (Å²) in [6.07, 6.45) is 1.82. The fourth-order valence-electron chi connectivity index (χ4n) is 4.20. The third kappa shape index (κ3) is 4.36. The van der Waals surface area contributed by atoms with Gasteiger partial charge in [-0.15, -0.1) is 11.3 Å². The number of hydrogen-bond donors (Lipinski definition) is 0. The average Bonchev–Trinajstić information content (AvgIpc) is 3.31. The zero-order valence-electron chi connectivity index (χ0n) is 18.4. The minimum atomic E-state index is -0.0593. The first-order valence-corrected chi connectivity index (χ1v) is 11.8. The van der Waals surface area contributed by atoms with E-state index in [9.17, 15) is 9.59 Å². The van der Waals surface area contributed by atoms with Crippen LogP contribution in [0.4, 0.5) is 5.69 Å². The highest BCUT2D eigenvalue weighted by molar-refractivity contribution is 7.20. The van der Waals surface area contributed by atoms with Crippen LogP contribution in [0.25, 0.3) is 10.1 Å². The normalized spacial score (nSPS) is 14.0. The quantitative estimate of drug-likeness (QED) is 0.451. The topological polar surface area (TPSA) is 54.8 Å². The molecule has 2 aromatic carbocycles. The van der Waals surface area contributed by atoms with Gasteiger partial charge in [-0.3, -0.25) is 9.59 Å². The van der Waals surface area contributed by atoms with Crippen LogP contribution in [0.1, 0.15) is 15.2 Å². The highest BCUT2D eigenvalue weighted by atomic mass is 32.1. The number of methoxy groups -OCH3 is 1. The van der Waals surface area contributed by atoms with E-state index in [2.05, 4.69) is 4.90 Å². The number of pyridine rings is 1. The van der Waals surface area contributed by atoms with Crippen molar-refractivity contribution in [2.75, 3.05) is 38.2 Å². The standard InChI is InChI=1S/C26H25N3O3S/c1-32-21-9-7-20(8-10-21)27-13-15-28(16-14-27)26(31)24-17-22-23(33-24)11-12-29(25(22)30)18-19-5-3-2-4-6-19/h2-12,17H,13-16,18H2,1H3. The van der Waals surface area contributed by atoms with Crippen LogP contribution in [-0.2, 0) is 6.54 Å². The molecule has 1 saturated heterocycles. The molecular formula is C26H25N3O3S. The number of ether oxygens (including phenoxy) is 1. The molecule has 4 aromatic rings. The molecule has 168 valence electrons. The van der Waals surface area contributed by atoms with E-state index in [1.165, 1.54) is 11.3 Å². The van der Waals surface area contributed by atoms with Gasteiger partial charge in [0.25, 0.3) is 11.5 Å². The maximum absolute atomic E-state index is 13.2. The fraction of sp³-hybridized carbons (Fsp3) is 0.231. The van der Waals surface area contributed by atoms with Crippen molar-refractivity contribution in [3.8, 4) is 5.75 Å². The minimum absolute atomic E-state index is 0.000379. The Morgan fingerprint density at radius 1 is 0.970 bits per heavy atom. The summed E-state index contributed by atoms with van der Waals surface area (Å²) >= 11 is 1.40. The SMILES string of the molecule is COc1ccc(N2CCN(C(=O)c3cc4c(=O)n(Cc5ccccc5)ccc4s3)CC2)cc1. The molecule has 0 saturated carbocycles. The van der Waals surface area contributed by atoms with E-state index in [-0.39, 0.29) is 11.5 Å². The van der Waals surface area contributed by atoms with E-state index in [0.717, 1.165) is 34.8 Å². The van der Waals surface area contributed by atoms with Gasteiger partial charge in [0.05, 0.1) is 23.9 Å². The van der Waals surface area contributed by atoms with Crippen LogP contribution in [0.2, 0.25) is 0 Å². The number of aromatic nitrogens is 1. The van der Waals surface area contributed by atoms with E-state index in [0.29, 0.717) is 29.9 Å². The Morgan fingerprint density at radius 3 is 2.39 bits per heavy atom. The molecule has 0 bridgehead atoms. The smallest absolute Gasteiger partial charge is 0.264 e. The Kier molecular flexibility index (Phi) is 5.88. The predicted octanol–water partition coefficient (Wildman–Crippen LogP) is 4.08. The molecule has 5 rings (SSSR count). The van der Waals surface area contributed by atoms with Gasteiger partial charge in [0.1, 0.15) is 5.75 Å². The molecule has 1 fully saturated rings. The van der Waals surface area contributed by atoms with E-state index in [1.807, 2.05) is 71.8 Å². The van der Waals surface area contributed by atoms with Crippen molar-refractivity contribution >= 4 is 33.0 Å². The number of piperazine rings is 1. The monoisotopic (exact) mass is 459 g/mol. The Morgan fingerprint density at radius 2 is 1.70 bits per heavy atom. The molecule has 0 N–H and O–H groups in total. The number of carbonyl (C=O) groups is 1. The van der Waals surface area contributed by atoms with Gasteiger partial charge in [-0.05, 0) is 42.0 Å². The number of amides is 1. The molecule has 2 aromatic heterocycles. The molecule has 6 nitrogen and oxygen atoms in total. The summed E-state index contributed by atoms with van der Waals surface area (Å²) in [5.74, 6) is 0.833. The summed E-state index contributed by atoms with van der Waals surface area (Å²) in [4.78, 5) is 31.0. The Balaban J connectivity index is 1.29. The van der Waals surface area contributed by atoms with Crippen LogP contribution in [0.5, 0.6) is 5.75 Å². The van der Waals surface area contributed by atoms with Gasteiger partial charge in [0.2, 0.25) is 0 Å². The number of carbonyl (C=O) groups excluding carboxylic acids is 1. The number of hydrogen-bond acceptors (Lipinski definition) is 5. The van der Waals surface area contributed by atoms with Crippen LogP contribution in [0.15, 0.2) is 77.7 Å². The van der Waals surface area contributed by atoms with Gasteiger partial charge in [-0.1, -0.05) is 30.3 Å². The summed E-state index contributed by atoms with van der Waals surface area (Å²) in [6, 6.07) is 21.6. The average molecular weight is 460 g/mol. The fourth-order valence-corrected chi connectivity index (χ4v) is 5.22. The van der Waals surface area contributed by atoms with Gasteiger partial charge in [0.15, 0.2) is 0 Å². The van der Waals surface area contributed by atoms with Crippen molar-refractivity contribution in [2.45, 2.75) is 6.54 Å². The van der Waals surface area contributed by atoms with Crippen molar-refractivity contribution in [1.82, 2.24) is 9.47 Å². The lowest BCUT2D eigenvalue weighted by molar-refractivity contribution is 0.0751. The lowest BCUT2D eigenvalue weighted by Gasteiger charge is -2.36. The molecule has 0 atom stereocenters. The maximum Gasteiger partial charge on any atom is 0.264 e. The molecule has 7 heteroatoms. The zero-order valence-corrected chi connectivity index (χ0v) is 19.3. The van der Waals surface area contributed by atoms with Crippen LogP contribution >= 0.6 is 11.3 Å². The van der Waals surface area contributed by atoms with E-state index in [1.54, 1.807) is 17.7 Å². The predicted molar refractivity (Wildman–Crippen MR) is 133 cm³/mol. The van der Waals surface area contributed by atoms with Crippen LogP contribution in [-0.4, -0.2) is 48.7 Å². The van der Waals surface area contributed by atoms with Crippen molar-refractivity contribution in [2.24, 2.45) is 0 Å². The van der Waals surface area contributed by atoms with E-state index in [4.69, 9.17) is 4.74 Å². The molecule has 33 heavy (non-hydrogen) atoms. The van der Waals surface area contributed by atoms with Gasteiger partial charge in [-0.25, -0.2) is 0 Å². The second kappa shape index (κ2) is 9.11. The van der Waals surface area contributed by atoms with Gasteiger partial charge >= 0.3 is 0 Å². The Labute approximate surface area is 196 Å². The molecule has 0 radical (unpaired) electrons. The van der Waals surface area contributed by atoms with Crippen molar-refractivity contribution in [3.63, 3.8) is 0 Å². The third-order valence-electron chi connectivity index (χ3n) is 6.07. The summed E-state index contributed by atoms with van der Waals surface area (Å²) in [5.41, 5.74) is 2.14. The first-order valence-electron chi connectivity index (χ1n) is 11.0. The zero-order chi connectivity index (χ0) is 22.8.